The van der Waals surface area contributed by atoms with Gasteiger partial charge in [-0.15, -0.1) is 0 Å². The van der Waals surface area contributed by atoms with Crippen molar-refractivity contribution in [3.63, 3.8) is 0 Å². The number of benzene rings is 2. The summed E-state index contributed by atoms with van der Waals surface area (Å²) in [5.41, 5.74) is 1.92. The fourth-order valence-electron chi connectivity index (χ4n) is 4.02. The molecule has 1 aliphatic heterocycles. The van der Waals surface area contributed by atoms with Gasteiger partial charge in [-0.1, -0.05) is 0 Å². The van der Waals surface area contributed by atoms with E-state index < -0.39 is 25.8 Å². The Labute approximate surface area is 228 Å². The molecule has 8 nitrogen and oxygen atoms in total. The molecule has 0 atom stereocenters. The molecule has 0 aliphatic carbocycles. The van der Waals surface area contributed by atoms with Crippen LogP contribution in [0.1, 0.15) is 33.1 Å². The van der Waals surface area contributed by atoms with Gasteiger partial charge >= 0.3 is 229 Å². The topological polar surface area (TPSA) is 96.5 Å². The van der Waals surface area contributed by atoms with Gasteiger partial charge in [-0.2, -0.15) is 0 Å². The Hall–Kier alpha value is -2.13. The zero-order chi connectivity index (χ0) is 25.7. The Morgan fingerprint density at radius 3 is 2.58 bits per heavy atom. The van der Waals surface area contributed by atoms with Crippen molar-refractivity contribution >= 4 is 67.9 Å². The van der Waals surface area contributed by atoms with E-state index in [-0.39, 0.29) is 10.9 Å². The molecule has 0 unspecified atom stereocenters. The van der Waals surface area contributed by atoms with Gasteiger partial charge in [-0.25, -0.2) is 0 Å². The molecule has 36 heavy (non-hydrogen) atoms. The van der Waals surface area contributed by atoms with Gasteiger partial charge in [-0.3, -0.25) is 0 Å². The Kier molecular flexibility index (Phi) is 8.93. The summed E-state index contributed by atoms with van der Waals surface area (Å²) in [5.74, 6) is 1.13. The molecule has 1 aliphatic rings. The molecule has 0 amide bonds. The number of ether oxygens (including phenoxy) is 1. The summed E-state index contributed by atoms with van der Waals surface area (Å²) < 4.78 is 36.3. The number of methoxy groups -OCH3 is 1. The third-order valence-corrected chi connectivity index (χ3v) is 11.4. The summed E-state index contributed by atoms with van der Waals surface area (Å²) in [4.78, 5) is 11.9. The summed E-state index contributed by atoms with van der Waals surface area (Å²) in [6.07, 6.45) is 5.36. The molecular formula is C25H30AsBrN5O3S. The number of piperidine rings is 1. The number of rotatable bonds is 9. The monoisotopic (exact) mass is 634 g/mol. The second-order valence-corrected chi connectivity index (χ2v) is 13.7. The first-order valence-electron chi connectivity index (χ1n) is 11.8. The number of halogens is 1. The predicted octanol–water partition coefficient (Wildman–Crippen LogP) is 3.32. The molecule has 0 bridgehead atoms. The van der Waals surface area contributed by atoms with Crippen molar-refractivity contribution in [2.45, 2.75) is 44.0 Å². The van der Waals surface area contributed by atoms with Crippen LogP contribution in [0.5, 0.6) is 5.75 Å². The Balaban J connectivity index is 1.62. The quantitative estimate of drug-likeness (QED) is 0.349. The van der Waals surface area contributed by atoms with Crippen molar-refractivity contribution in [1.29, 1.82) is 0 Å². The third-order valence-electron chi connectivity index (χ3n) is 5.65. The molecule has 2 heterocycles. The van der Waals surface area contributed by atoms with Crippen LogP contribution in [0.25, 0.3) is 0 Å². The molecule has 0 saturated carbocycles. The van der Waals surface area contributed by atoms with E-state index in [9.17, 15) is 8.42 Å². The van der Waals surface area contributed by atoms with Crippen LogP contribution in [0.3, 0.4) is 0 Å². The van der Waals surface area contributed by atoms with Crippen LogP contribution in [0.4, 0.5) is 17.3 Å². The Morgan fingerprint density at radius 1 is 1.11 bits per heavy atom. The molecule has 1 saturated heterocycles. The predicted molar refractivity (Wildman–Crippen MR) is 149 cm³/mol. The summed E-state index contributed by atoms with van der Waals surface area (Å²) >= 11 is 2.81. The third kappa shape index (κ3) is 6.59. The second-order valence-electron chi connectivity index (χ2n) is 8.78. The van der Waals surface area contributed by atoms with Crippen molar-refractivity contribution in [3.05, 3.63) is 53.1 Å². The molecule has 1 aromatic heterocycles. The van der Waals surface area contributed by atoms with E-state index >= 15 is 0 Å². The van der Waals surface area contributed by atoms with Crippen LogP contribution in [0, 0.1) is 0 Å². The molecule has 191 valence electrons. The van der Waals surface area contributed by atoms with Gasteiger partial charge in [0.2, 0.25) is 0 Å². The fraction of sp³-hybridized carbons (Fsp3) is 0.360. The standard InChI is InChI=1S/C25H30AsBrN5O3S/c1-17(2)31-36(33,34)23-10-6-5-9-19(23)26-24-20(27)16-28-25(30-24)29-21-15-18(11-12-22(21)35-3)32-13-7-4-8-14-32/h5-6,9-12,15-17,31H,4,7-8,13-14H2,1-3H3,(H,28,29,30). The number of hydrogen-bond donors (Lipinski definition) is 2. The zero-order valence-electron chi connectivity index (χ0n) is 20.5. The molecule has 11 heteroatoms. The maximum atomic E-state index is 12.9. The van der Waals surface area contributed by atoms with Crippen LogP contribution in [0.2, 0.25) is 0 Å². The summed E-state index contributed by atoms with van der Waals surface area (Å²) in [6, 6.07) is 13.0. The number of sulfonamides is 1. The van der Waals surface area contributed by atoms with Crippen molar-refractivity contribution < 1.29 is 13.2 Å². The summed E-state index contributed by atoms with van der Waals surface area (Å²) in [6.45, 7) is 5.70. The normalized spacial score (nSPS) is 14.5. The molecular weight excluding hydrogens is 605 g/mol. The molecule has 1 fully saturated rings. The van der Waals surface area contributed by atoms with Gasteiger partial charge in [-0.05, 0) is 0 Å². The van der Waals surface area contributed by atoms with Crippen LogP contribution in [-0.2, 0) is 10.0 Å². The minimum absolute atomic E-state index is 0.198. The van der Waals surface area contributed by atoms with Crippen LogP contribution < -0.4 is 28.5 Å². The summed E-state index contributed by atoms with van der Waals surface area (Å²) in [5, 5.41) is 3.32. The average molecular weight is 635 g/mol. The van der Waals surface area contributed by atoms with E-state index in [0.717, 1.165) is 37.8 Å². The molecule has 4 rings (SSSR count). The number of anilines is 3. The SMILES string of the molecule is COc1ccc(N2CCCCC2)cc1Nc1ncc(Br)c([As]c2ccccc2S(=O)(=O)NC(C)C)n1. The number of aromatic nitrogens is 2. The van der Waals surface area contributed by atoms with E-state index in [1.165, 1.54) is 19.3 Å². The van der Waals surface area contributed by atoms with Gasteiger partial charge < -0.3 is 0 Å². The number of nitrogens with one attached hydrogen (secondary N) is 2. The first kappa shape index (κ1) is 26.9. The Bertz CT molecular complexity index is 1320. The minimum atomic E-state index is -3.63. The van der Waals surface area contributed by atoms with E-state index in [2.05, 4.69) is 48.0 Å². The van der Waals surface area contributed by atoms with Crippen molar-refractivity contribution in [3.8, 4) is 5.75 Å². The van der Waals surface area contributed by atoms with Crippen LogP contribution in [0.15, 0.2) is 58.0 Å². The number of nitrogens with zero attached hydrogens (tertiary/aromatic N) is 3. The van der Waals surface area contributed by atoms with E-state index in [1.807, 2.05) is 18.2 Å². The molecule has 2 N–H and O–H groups in total. The van der Waals surface area contributed by atoms with Gasteiger partial charge in [0.05, 0.1) is 0 Å². The number of hydrogen-bond acceptors (Lipinski definition) is 7. The Morgan fingerprint density at radius 2 is 1.86 bits per heavy atom. The maximum absolute atomic E-state index is 12.9. The first-order chi connectivity index (χ1) is 17.3. The molecule has 2 aromatic carbocycles. The van der Waals surface area contributed by atoms with E-state index in [0.29, 0.717) is 11.7 Å². The van der Waals surface area contributed by atoms with E-state index in [4.69, 9.17) is 9.72 Å². The van der Waals surface area contributed by atoms with Crippen LogP contribution in [-0.4, -0.2) is 60.4 Å². The van der Waals surface area contributed by atoms with Gasteiger partial charge in [0, 0.05) is 0 Å². The molecule has 1 radical (unpaired) electrons. The summed E-state index contributed by atoms with van der Waals surface area (Å²) in [7, 11) is -1.99. The van der Waals surface area contributed by atoms with E-state index in [1.54, 1.807) is 39.3 Å². The van der Waals surface area contributed by atoms with Crippen molar-refractivity contribution in [2.24, 2.45) is 0 Å². The second kappa shape index (κ2) is 11.9. The average Bonchev–Trinajstić information content (AvgIpc) is 2.86. The fourth-order valence-corrected chi connectivity index (χ4v) is 8.87. The van der Waals surface area contributed by atoms with Crippen molar-refractivity contribution in [2.75, 3.05) is 30.4 Å². The molecule has 0 spiro atoms. The van der Waals surface area contributed by atoms with Gasteiger partial charge in [0.1, 0.15) is 0 Å². The van der Waals surface area contributed by atoms with Crippen LogP contribution >= 0.6 is 15.9 Å². The van der Waals surface area contributed by atoms with Gasteiger partial charge in [0.15, 0.2) is 0 Å². The van der Waals surface area contributed by atoms with Crippen molar-refractivity contribution in [1.82, 2.24) is 14.7 Å². The zero-order valence-corrected chi connectivity index (χ0v) is 24.8. The molecule has 3 aromatic rings. The van der Waals surface area contributed by atoms with Gasteiger partial charge in [0.25, 0.3) is 0 Å². The first-order valence-corrected chi connectivity index (χ1v) is 16.0.